The van der Waals surface area contributed by atoms with Crippen LogP contribution in [-0.2, 0) is 13.1 Å². The van der Waals surface area contributed by atoms with E-state index in [1.807, 2.05) is 37.3 Å². The Labute approximate surface area is 173 Å². The molecular formula is C23H18ClNO4. The maximum Gasteiger partial charge on any atom is 0.232 e. The number of furan rings is 1. The zero-order valence-corrected chi connectivity index (χ0v) is 16.5. The molecule has 2 aromatic carbocycles. The van der Waals surface area contributed by atoms with Crippen molar-refractivity contribution in [2.24, 2.45) is 0 Å². The number of ether oxygens (including phenoxy) is 2. The lowest BCUT2D eigenvalue weighted by atomic mass is 9.98. The van der Waals surface area contributed by atoms with Crippen LogP contribution in [-0.4, -0.2) is 17.4 Å². The molecule has 0 saturated carbocycles. The van der Waals surface area contributed by atoms with Crippen molar-refractivity contribution in [1.82, 2.24) is 4.90 Å². The van der Waals surface area contributed by atoms with Gasteiger partial charge in [0.15, 0.2) is 5.76 Å². The average Bonchev–Trinajstić information content (AvgIpc) is 3.33. The van der Waals surface area contributed by atoms with Crippen LogP contribution in [0.15, 0.2) is 58.9 Å². The predicted molar refractivity (Wildman–Crippen MR) is 109 cm³/mol. The van der Waals surface area contributed by atoms with Crippen LogP contribution < -0.4 is 9.47 Å². The molecule has 2 aliphatic heterocycles. The molecule has 1 aromatic heterocycles. The van der Waals surface area contributed by atoms with Crippen LogP contribution in [0.3, 0.4) is 0 Å². The largest absolute Gasteiger partial charge is 0.478 e. The highest BCUT2D eigenvalue weighted by Gasteiger charge is 2.35. The number of ketones is 1. The number of carbonyl (C=O) groups is 1. The van der Waals surface area contributed by atoms with Crippen molar-refractivity contribution >= 4 is 23.5 Å². The third kappa shape index (κ3) is 3.33. The Morgan fingerprint density at radius 1 is 1.21 bits per heavy atom. The zero-order valence-electron chi connectivity index (χ0n) is 15.8. The van der Waals surface area contributed by atoms with Crippen LogP contribution in [0, 0.1) is 6.92 Å². The van der Waals surface area contributed by atoms with Crippen LogP contribution in [0.1, 0.15) is 32.8 Å². The zero-order chi connectivity index (χ0) is 20.0. The van der Waals surface area contributed by atoms with Crippen LogP contribution in [0.25, 0.3) is 6.08 Å². The van der Waals surface area contributed by atoms with E-state index in [9.17, 15) is 4.79 Å². The van der Waals surface area contributed by atoms with Crippen molar-refractivity contribution in [1.29, 1.82) is 0 Å². The number of benzene rings is 2. The number of nitrogens with zero attached hydrogens (tertiary/aromatic N) is 1. The van der Waals surface area contributed by atoms with Crippen LogP contribution in [0.5, 0.6) is 11.5 Å². The monoisotopic (exact) mass is 407 g/mol. The van der Waals surface area contributed by atoms with Gasteiger partial charge in [-0.15, -0.1) is 0 Å². The molecule has 2 aliphatic rings. The van der Waals surface area contributed by atoms with Gasteiger partial charge in [0.25, 0.3) is 0 Å². The maximum absolute atomic E-state index is 13.0. The molecule has 0 spiro atoms. The van der Waals surface area contributed by atoms with E-state index in [1.165, 1.54) is 0 Å². The first-order valence-electron chi connectivity index (χ1n) is 9.32. The fraction of sp³-hybridized carbons (Fsp3) is 0.174. The van der Waals surface area contributed by atoms with Gasteiger partial charge in [-0.25, -0.2) is 0 Å². The lowest BCUT2D eigenvalue weighted by Gasteiger charge is -2.29. The number of halogens is 1. The summed E-state index contributed by atoms with van der Waals surface area (Å²) in [6.45, 7) is 3.59. The summed E-state index contributed by atoms with van der Waals surface area (Å²) in [6, 6.07) is 13.0. The summed E-state index contributed by atoms with van der Waals surface area (Å²) in [5.41, 5.74) is 3.19. The number of Topliss-reactive ketones (excluding diaryl/α,β-unsaturated/α-hetero) is 1. The summed E-state index contributed by atoms with van der Waals surface area (Å²) >= 11 is 5.95. The summed E-state index contributed by atoms with van der Waals surface area (Å²) in [5.74, 6) is 2.41. The number of fused-ring (bicyclic) bond motifs is 3. The second-order valence-electron chi connectivity index (χ2n) is 7.21. The van der Waals surface area contributed by atoms with E-state index < -0.39 is 0 Å². The third-order valence-corrected chi connectivity index (χ3v) is 5.37. The lowest BCUT2D eigenvalue weighted by molar-refractivity contribution is 0.0809. The third-order valence-electron chi connectivity index (χ3n) is 5.12. The van der Waals surface area contributed by atoms with Crippen LogP contribution in [0.4, 0.5) is 0 Å². The standard InChI is InChI=1S/C23H18ClNO4/c1-14-9-19-18(12-25(13-28-19)11-17-3-2-8-27-17)23-21(14)22(26)20(29-23)10-15-4-6-16(24)7-5-15/h2-10H,11-13H2,1H3/b20-10-. The number of hydrogen-bond donors (Lipinski definition) is 0. The Bertz CT molecular complexity index is 1120. The summed E-state index contributed by atoms with van der Waals surface area (Å²) in [6.07, 6.45) is 3.40. The highest BCUT2D eigenvalue weighted by Crippen LogP contribution is 2.44. The SMILES string of the molecule is Cc1cc2c(c3c1C(=O)/C(=C/c1ccc(Cl)cc1)O3)CN(Cc1ccco1)CO2. The molecule has 0 N–H and O–H groups in total. The van der Waals surface area contributed by atoms with Crippen LogP contribution >= 0.6 is 11.6 Å². The maximum atomic E-state index is 13.0. The number of carbonyl (C=O) groups excluding carboxylic acids is 1. The Kier molecular flexibility index (Phi) is 4.42. The summed E-state index contributed by atoms with van der Waals surface area (Å²) in [7, 11) is 0. The minimum Gasteiger partial charge on any atom is -0.478 e. The molecule has 5 rings (SSSR count). The van der Waals surface area contributed by atoms with E-state index in [1.54, 1.807) is 24.5 Å². The summed E-state index contributed by atoms with van der Waals surface area (Å²) in [4.78, 5) is 15.1. The molecule has 0 atom stereocenters. The van der Waals surface area contributed by atoms with Crippen molar-refractivity contribution in [2.75, 3.05) is 6.73 Å². The number of allylic oxidation sites excluding steroid dienone is 1. The van der Waals surface area contributed by atoms with Gasteiger partial charge in [-0.3, -0.25) is 9.69 Å². The molecule has 146 valence electrons. The molecule has 0 radical (unpaired) electrons. The topological polar surface area (TPSA) is 51.9 Å². The first kappa shape index (κ1) is 18.0. The molecule has 0 bridgehead atoms. The van der Waals surface area contributed by atoms with Gasteiger partial charge in [-0.05, 0) is 54.5 Å². The Morgan fingerprint density at radius 2 is 2.03 bits per heavy atom. The van der Waals surface area contributed by atoms with Crippen molar-refractivity contribution in [3.63, 3.8) is 0 Å². The van der Waals surface area contributed by atoms with Gasteiger partial charge in [0.2, 0.25) is 5.78 Å². The Morgan fingerprint density at radius 3 is 2.79 bits per heavy atom. The van der Waals surface area contributed by atoms with Gasteiger partial charge >= 0.3 is 0 Å². The fourth-order valence-electron chi connectivity index (χ4n) is 3.71. The van der Waals surface area contributed by atoms with Gasteiger partial charge in [-0.2, -0.15) is 0 Å². The highest BCUT2D eigenvalue weighted by molar-refractivity contribution is 6.30. The summed E-state index contributed by atoms with van der Waals surface area (Å²) < 4.78 is 17.5. The van der Waals surface area contributed by atoms with E-state index in [2.05, 4.69) is 4.90 Å². The average molecular weight is 408 g/mol. The second kappa shape index (κ2) is 7.10. The Balaban J connectivity index is 1.48. The molecule has 0 saturated heterocycles. The molecule has 3 aromatic rings. The summed E-state index contributed by atoms with van der Waals surface area (Å²) in [5, 5.41) is 0.646. The normalized spacial score (nSPS) is 17.0. The quantitative estimate of drug-likeness (QED) is 0.558. The molecular weight excluding hydrogens is 390 g/mol. The first-order chi connectivity index (χ1) is 14.1. The van der Waals surface area contributed by atoms with E-state index in [0.717, 1.165) is 28.2 Å². The molecule has 0 aliphatic carbocycles. The highest BCUT2D eigenvalue weighted by atomic mass is 35.5. The van der Waals surface area contributed by atoms with Crippen molar-refractivity contribution < 1.29 is 18.7 Å². The van der Waals surface area contributed by atoms with Gasteiger partial charge in [-0.1, -0.05) is 23.7 Å². The molecule has 6 heteroatoms. The molecule has 0 fully saturated rings. The first-order valence-corrected chi connectivity index (χ1v) is 9.70. The van der Waals surface area contributed by atoms with E-state index in [0.29, 0.717) is 41.9 Å². The smallest absolute Gasteiger partial charge is 0.232 e. The molecule has 5 nitrogen and oxygen atoms in total. The fourth-order valence-corrected chi connectivity index (χ4v) is 3.84. The molecule has 0 unspecified atom stereocenters. The predicted octanol–water partition coefficient (Wildman–Crippen LogP) is 5.21. The van der Waals surface area contributed by atoms with Gasteiger partial charge in [0, 0.05) is 11.6 Å². The van der Waals surface area contributed by atoms with Crippen molar-refractivity contribution in [3.8, 4) is 11.5 Å². The lowest BCUT2D eigenvalue weighted by Crippen LogP contribution is -2.31. The van der Waals surface area contributed by atoms with Crippen molar-refractivity contribution in [2.45, 2.75) is 20.0 Å². The van der Waals surface area contributed by atoms with Gasteiger partial charge in [0.05, 0.1) is 23.9 Å². The molecule has 29 heavy (non-hydrogen) atoms. The molecule has 0 amide bonds. The second-order valence-corrected chi connectivity index (χ2v) is 7.64. The Hall–Kier alpha value is -3.02. The van der Waals surface area contributed by atoms with Gasteiger partial charge in [0.1, 0.15) is 24.0 Å². The van der Waals surface area contributed by atoms with E-state index >= 15 is 0 Å². The van der Waals surface area contributed by atoms with E-state index in [4.69, 9.17) is 25.5 Å². The van der Waals surface area contributed by atoms with E-state index in [-0.39, 0.29) is 5.78 Å². The number of aryl methyl sites for hydroxylation is 1. The number of hydrogen-bond acceptors (Lipinski definition) is 5. The minimum absolute atomic E-state index is 0.113. The molecule has 3 heterocycles. The van der Waals surface area contributed by atoms with Gasteiger partial charge < -0.3 is 13.9 Å². The number of rotatable bonds is 3. The van der Waals surface area contributed by atoms with Crippen LogP contribution in [0.2, 0.25) is 5.02 Å². The van der Waals surface area contributed by atoms with Crippen molar-refractivity contribution in [3.05, 3.63) is 87.5 Å². The minimum atomic E-state index is -0.113.